The second kappa shape index (κ2) is 5.99. The number of rotatable bonds is 5. The molecule has 0 fully saturated rings. The van der Waals surface area contributed by atoms with Crippen LogP contribution < -0.4 is 5.32 Å². The van der Waals surface area contributed by atoms with Crippen LogP contribution in [0.2, 0.25) is 5.02 Å². The summed E-state index contributed by atoms with van der Waals surface area (Å²) >= 11 is 7.24. The summed E-state index contributed by atoms with van der Waals surface area (Å²) in [5.41, 5.74) is 1.11. The van der Waals surface area contributed by atoms with Crippen molar-refractivity contribution in [3.63, 3.8) is 0 Å². The van der Waals surface area contributed by atoms with Crippen molar-refractivity contribution in [1.82, 2.24) is 4.98 Å². The maximum absolute atomic E-state index is 13.1. The molecule has 0 saturated heterocycles. The van der Waals surface area contributed by atoms with Crippen molar-refractivity contribution in [2.45, 2.75) is 12.8 Å². The van der Waals surface area contributed by atoms with Crippen LogP contribution in [0.4, 0.5) is 15.2 Å². The van der Waals surface area contributed by atoms with Gasteiger partial charge in [0.05, 0.1) is 22.8 Å². The number of nitrogens with zero attached hydrogens (tertiary/aromatic N) is 1. The molecule has 0 radical (unpaired) electrons. The molecular formula is C12H10ClFN2O2S. The molecule has 0 aliphatic carbocycles. The van der Waals surface area contributed by atoms with E-state index in [1.165, 1.54) is 29.5 Å². The molecule has 4 nitrogen and oxygen atoms in total. The van der Waals surface area contributed by atoms with E-state index < -0.39 is 11.8 Å². The van der Waals surface area contributed by atoms with Gasteiger partial charge in [-0.25, -0.2) is 9.37 Å². The molecule has 0 aliphatic heterocycles. The van der Waals surface area contributed by atoms with Gasteiger partial charge >= 0.3 is 5.97 Å². The highest BCUT2D eigenvalue weighted by molar-refractivity contribution is 7.13. The Morgan fingerprint density at radius 2 is 2.32 bits per heavy atom. The normalized spacial score (nSPS) is 10.4. The summed E-state index contributed by atoms with van der Waals surface area (Å²) < 4.78 is 13.1. The molecule has 2 N–H and O–H groups in total. The number of carboxylic acids is 1. The lowest BCUT2D eigenvalue weighted by Crippen LogP contribution is -1.98. The van der Waals surface area contributed by atoms with Gasteiger partial charge in [0.2, 0.25) is 0 Å². The van der Waals surface area contributed by atoms with Crippen molar-refractivity contribution in [2.24, 2.45) is 0 Å². The molecule has 0 saturated carbocycles. The van der Waals surface area contributed by atoms with Crippen molar-refractivity contribution in [3.8, 4) is 0 Å². The second-order valence-electron chi connectivity index (χ2n) is 3.79. The number of anilines is 2. The first kappa shape index (κ1) is 13.8. The van der Waals surface area contributed by atoms with E-state index in [9.17, 15) is 9.18 Å². The van der Waals surface area contributed by atoms with Gasteiger partial charge in [0, 0.05) is 11.8 Å². The topological polar surface area (TPSA) is 62.2 Å². The van der Waals surface area contributed by atoms with Crippen molar-refractivity contribution in [3.05, 3.63) is 40.1 Å². The molecule has 1 aromatic carbocycles. The van der Waals surface area contributed by atoms with Crippen LogP contribution in [0.3, 0.4) is 0 Å². The van der Waals surface area contributed by atoms with Gasteiger partial charge in [0.25, 0.3) is 0 Å². The van der Waals surface area contributed by atoms with Gasteiger partial charge in [-0.2, -0.15) is 0 Å². The summed E-state index contributed by atoms with van der Waals surface area (Å²) in [7, 11) is 0. The fourth-order valence-corrected chi connectivity index (χ4v) is 2.34. The SMILES string of the molecule is O=C(O)CCc1csc(Nc2cc(F)ccc2Cl)n1. The van der Waals surface area contributed by atoms with E-state index in [2.05, 4.69) is 10.3 Å². The number of nitrogens with one attached hydrogen (secondary N) is 1. The van der Waals surface area contributed by atoms with Gasteiger partial charge in [-0.3, -0.25) is 4.79 Å². The maximum Gasteiger partial charge on any atom is 0.303 e. The summed E-state index contributed by atoms with van der Waals surface area (Å²) in [5, 5.41) is 14.2. The van der Waals surface area contributed by atoms with Crippen LogP contribution in [0.15, 0.2) is 23.6 Å². The Hall–Kier alpha value is -1.66. The highest BCUT2D eigenvalue weighted by Crippen LogP contribution is 2.28. The van der Waals surface area contributed by atoms with Crippen molar-refractivity contribution in [2.75, 3.05) is 5.32 Å². The molecule has 19 heavy (non-hydrogen) atoms. The van der Waals surface area contributed by atoms with E-state index in [1.807, 2.05) is 0 Å². The van der Waals surface area contributed by atoms with Crippen LogP contribution in [0.25, 0.3) is 0 Å². The summed E-state index contributed by atoms with van der Waals surface area (Å²) in [5.74, 6) is -1.26. The van der Waals surface area contributed by atoms with E-state index >= 15 is 0 Å². The molecule has 0 spiro atoms. The Morgan fingerprint density at radius 1 is 1.53 bits per heavy atom. The highest BCUT2D eigenvalue weighted by atomic mass is 35.5. The number of halogens is 2. The zero-order chi connectivity index (χ0) is 13.8. The minimum atomic E-state index is -0.865. The van der Waals surface area contributed by atoms with Crippen LogP contribution >= 0.6 is 22.9 Å². The summed E-state index contributed by atoms with van der Waals surface area (Å²) in [6.45, 7) is 0. The third-order valence-corrected chi connectivity index (χ3v) is 3.45. The van der Waals surface area contributed by atoms with Crippen LogP contribution in [-0.2, 0) is 11.2 Å². The van der Waals surface area contributed by atoms with Crippen molar-refractivity contribution in [1.29, 1.82) is 0 Å². The minimum absolute atomic E-state index is 0.0316. The predicted molar refractivity (Wildman–Crippen MR) is 72.8 cm³/mol. The average molecular weight is 301 g/mol. The summed E-state index contributed by atoms with van der Waals surface area (Å²) in [4.78, 5) is 14.7. The number of hydrogen-bond donors (Lipinski definition) is 2. The van der Waals surface area contributed by atoms with Gasteiger partial charge in [-0.05, 0) is 18.2 Å². The number of hydrogen-bond acceptors (Lipinski definition) is 4. The Labute approximate surface area is 117 Å². The fraction of sp³-hybridized carbons (Fsp3) is 0.167. The molecule has 0 unspecified atom stereocenters. The zero-order valence-corrected chi connectivity index (χ0v) is 11.3. The summed E-state index contributed by atoms with van der Waals surface area (Å²) in [6.07, 6.45) is 0.397. The number of aryl methyl sites for hydroxylation is 1. The number of thiazole rings is 1. The largest absolute Gasteiger partial charge is 0.481 e. The van der Waals surface area contributed by atoms with Crippen molar-refractivity contribution >= 4 is 39.7 Å². The molecule has 0 amide bonds. The molecule has 100 valence electrons. The average Bonchev–Trinajstić information content (AvgIpc) is 2.79. The first-order valence-corrected chi connectivity index (χ1v) is 6.68. The van der Waals surface area contributed by atoms with E-state index in [4.69, 9.17) is 16.7 Å². The molecule has 0 aliphatic rings. The molecule has 2 aromatic rings. The number of aromatic nitrogens is 1. The number of carbonyl (C=O) groups is 1. The fourth-order valence-electron chi connectivity index (χ4n) is 1.42. The molecule has 0 bridgehead atoms. The molecule has 0 atom stereocenters. The predicted octanol–water partition coefficient (Wildman–Crippen LogP) is 3.70. The highest BCUT2D eigenvalue weighted by Gasteiger charge is 2.07. The number of benzene rings is 1. The monoisotopic (exact) mass is 300 g/mol. The number of carboxylic acid groups (broad SMARTS) is 1. The van der Waals surface area contributed by atoms with Crippen molar-refractivity contribution < 1.29 is 14.3 Å². The zero-order valence-electron chi connectivity index (χ0n) is 9.69. The first-order chi connectivity index (χ1) is 9.04. The standard InChI is InChI=1S/C12H10ClFN2O2S/c13-9-3-1-7(14)5-10(9)16-12-15-8(6-19-12)2-4-11(17)18/h1,3,5-6H,2,4H2,(H,15,16)(H,17,18). The van der Waals surface area contributed by atoms with Gasteiger partial charge in [0.15, 0.2) is 5.13 Å². The third-order valence-electron chi connectivity index (χ3n) is 2.32. The van der Waals surface area contributed by atoms with Gasteiger partial charge in [-0.15, -0.1) is 11.3 Å². The molecule has 1 aromatic heterocycles. The third kappa shape index (κ3) is 3.90. The Kier molecular flexibility index (Phi) is 4.34. The van der Waals surface area contributed by atoms with E-state index in [1.54, 1.807) is 5.38 Å². The van der Waals surface area contributed by atoms with Crippen LogP contribution in [0.5, 0.6) is 0 Å². The molecule has 2 rings (SSSR count). The van der Waals surface area contributed by atoms with E-state index in [0.29, 0.717) is 28.0 Å². The van der Waals surface area contributed by atoms with Gasteiger partial charge < -0.3 is 10.4 Å². The Bertz CT molecular complexity index is 603. The maximum atomic E-state index is 13.1. The minimum Gasteiger partial charge on any atom is -0.481 e. The molecular weight excluding hydrogens is 291 g/mol. The van der Waals surface area contributed by atoms with Crippen LogP contribution in [-0.4, -0.2) is 16.1 Å². The number of aliphatic carboxylic acids is 1. The smallest absolute Gasteiger partial charge is 0.303 e. The van der Waals surface area contributed by atoms with Crippen LogP contribution in [0.1, 0.15) is 12.1 Å². The molecule has 7 heteroatoms. The quantitative estimate of drug-likeness (QED) is 0.884. The first-order valence-electron chi connectivity index (χ1n) is 5.43. The lowest BCUT2D eigenvalue weighted by molar-refractivity contribution is -0.136. The van der Waals surface area contributed by atoms with Crippen LogP contribution in [0, 0.1) is 5.82 Å². The van der Waals surface area contributed by atoms with E-state index in [-0.39, 0.29) is 6.42 Å². The lowest BCUT2D eigenvalue weighted by atomic mass is 10.2. The second-order valence-corrected chi connectivity index (χ2v) is 5.05. The summed E-state index contributed by atoms with van der Waals surface area (Å²) in [6, 6.07) is 4.01. The Balaban J connectivity index is 2.07. The van der Waals surface area contributed by atoms with Gasteiger partial charge in [-0.1, -0.05) is 11.6 Å². The van der Waals surface area contributed by atoms with Gasteiger partial charge in [0.1, 0.15) is 5.82 Å². The molecule has 1 heterocycles. The Morgan fingerprint density at radius 3 is 3.05 bits per heavy atom. The lowest BCUT2D eigenvalue weighted by Gasteiger charge is -2.04. The van der Waals surface area contributed by atoms with E-state index in [0.717, 1.165) is 0 Å².